The van der Waals surface area contributed by atoms with E-state index < -0.39 is 11.2 Å². The number of aromatic hydroxyl groups is 3. The molecule has 80 valence electrons. The van der Waals surface area contributed by atoms with Gasteiger partial charge < -0.3 is 15.3 Å². The summed E-state index contributed by atoms with van der Waals surface area (Å²) in [5.74, 6) is -1.35. The zero-order chi connectivity index (χ0) is 11.2. The third-order valence-electron chi connectivity index (χ3n) is 3.07. The van der Waals surface area contributed by atoms with Crippen LogP contribution in [0.25, 0.3) is 0 Å². The fourth-order valence-electron chi connectivity index (χ4n) is 1.89. The lowest BCUT2D eigenvalue weighted by atomic mass is 9.91. The van der Waals surface area contributed by atoms with Crippen LogP contribution in [0, 0.1) is 0 Å². The first kappa shape index (κ1) is 9.83. The topological polar surface area (TPSA) is 77.8 Å². The molecule has 0 unspecified atom stereocenters. The van der Waals surface area contributed by atoms with Gasteiger partial charge in [-0.2, -0.15) is 0 Å². The SMILES string of the molecule is CC(=O)C1(c2ccc(O)c(O)c2O)CC1. The minimum Gasteiger partial charge on any atom is -0.504 e. The van der Waals surface area contributed by atoms with Crippen molar-refractivity contribution >= 4 is 5.78 Å². The molecule has 2 rings (SSSR count). The Morgan fingerprint density at radius 1 is 1.20 bits per heavy atom. The monoisotopic (exact) mass is 208 g/mol. The minimum atomic E-state index is -0.644. The van der Waals surface area contributed by atoms with E-state index in [4.69, 9.17) is 5.11 Å². The molecule has 1 aliphatic rings. The number of hydrogen-bond donors (Lipinski definition) is 3. The maximum absolute atomic E-state index is 11.4. The van der Waals surface area contributed by atoms with E-state index in [2.05, 4.69) is 0 Å². The Labute approximate surface area is 86.8 Å². The molecule has 1 fully saturated rings. The highest BCUT2D eigenvalue weighted by atomic mass is 16.3. The molecule has 4 nitrogen and oxygen atoms in total. The highest BCUT2D eigenvalue weighted by Crippen LogP contribution is 2.54. The number of benzene rings is 1. The summed E-state index contributed by atoms with van der Waals surface area (Å²) in [4.78, 5) is 11.4. The predicted molar refractivity (Wildman–Crippen MR) is 53.0 cm³/mol. The summed E-state index contributed by atoms with van der Waals surface area (Å²) in [5.41, 5.74) is -0.236. The van der Waals surface area contributed by atoms with Crippen LogP contribution >= 0.6 is 0 Å². The smallest absolute Gasteiger partial charge is 0.200 e. The van der Waals surface area contributed by atoms with Crippen molar-refractivity contribution in [3.05, 3.63) is 17.7 Å². The van der Waals surface area contributed by atoms with Gasteiger partial charge in [0, 0.05) is 5.56 Å². The van der Waals surface area contributed by atoms with Gasteiger partial charge in [-0.3, -0.25) is 4.79 Å². The van der Waals surface area contributed by atoms with Gasteiger partial charge >= 0.3 is 0 Å². The maximum Gasteiger partial charge on any atom is 0.200 e. The number of phenolic OH excluding ortho intramolecular Hbond substituents is 3. The van der Waals surface area contributed by atoms with E-state index >= 15 is 0 Å². The Morgan fingerprint density at radius 3 is 2.27 bits per heavy atom. The van der Waals surface area contributed by atoms with Crippen LogP contribution < -0.4 is 0 Å². The number of Topliss-reactive ketones (excluding diaryl/α,β-unsaturated/α-hetero) is 1. The van der Waals surface area contributed by atoms with E-state index in [0.717, 1.165) is 0 Å². The van der Waals surface area contributed by atoms with Gasteiger partial charge in [-0.25, -0.2) is 0 Å². The maximum atomic E-state index is 11.4. The third-order valence-corrected chi connectivity index (χ3v) is 3.07. The lowest BCUT2D eigenvalue weighted by Gasteiger charge is -2.14. The Bertz CT molecular complexity index is 432. The van der Waals surface area contributed by atoms with Gasteiger partial charge in [0.25, 0.3) is 0 Å². The first-order valence-corrected chi connectivity index (χ1v) is 4.74. The number of hydrogen-bond acceptors (Lipinski definition) is 4. The van der Waals surface area contributed by atoms with Crippen LogP contribution in [0.4, 0.5) is 0 Å². The molecule has 0 heterocycles. The van der Waals surface area contributed by atoms with Crippen molar-refractivity contribution in [3.63, 3.8) is 0 Å². The average Bonchev–Trinajstić information content (AvgIpc) is 2.95. The molecule has 1 aromatic rings. The second-order valence-corrected chi connectivity index (χ2v) is 3.97. The number of ketones is 1. The predicted octanol–water partition coefficient (Wildman–Crippen LogP) is 1.42. The molecule has 0 aromatic heterocycles. The summed E-state index contributed by atoms with van der Waals surface area (Å²) in [6, 6.07) is 2.77. The summed E-state index contributed by atoms with van der Waals surface area (Å²) in [5, 5.41) is 28.1. The van der Waals surface area contributed by atoms with Crippen molar-refractivity contribution in [3.8, 4) is 17.2 Å². The van der Waals surface area contributed by atoms with Crippen LogP contribution in [0.15, 0.2) is 12.1 Å². The summed E-state index contributed by atoms with van der Waals surface area (Å²) in [7, 11) is 0. The molecular weight excluding hydrogens is 196 g/mol. The summed E-state index contributed by atoms with van der Waals surface area (Å²) < 4.78 is 0. The highest BCUT2D eigenvalue weighted by Gasteiger charge is 2.50. The molecular formula is C11H12O4. The first-order chi connectivity index (χ1) is 6.99. The van der Waals surface area contributed by atoms with Crippen molar-refractivity contribution in [2.45, 2.75) is 25.2 Å². The van der Waals surface area contributed by atoms with Crippen molar-refractivity contribution in [2.24, 2.45) is 0 Å². The van der Waals surface area contributed by atoms with Gasteiger partial charge in [0.2, 0.25) is 5.75 Å². The lowest BCUT2D eigenvalue weighted by molar-refractivity contribution is -0.119. The zero-order valence-corrected chi connectivity index (χ0v) is 8.32. The minimum absolute atomic E-state index is 0.0251. The summed E-state index contributed by atoms with van der Waals surface area (Å²) in [6.45, 7) is 1.47. The second kappa shape index (κ2) is 2.89. The summed E-state index contributed by atoms with van der Waals surface area (Å²) >= 11 is 0. The average molecular weight is 208 g/mol. The van der Waals surface area contributed by atoms with E-state index in [1.54, 1.807) is 0 Å². The quantitative estimate of drug-likeness (QED) is 0.642. The Morgan fingerprint density at radius 2 is 1.80 bits per heavy atom. The van der Waals surface area contributed by atoms with E-state index in [1.165, 1.54) is 19.1 Å². The molecule has 0 saturated heterocycles. The van der Waals surface area contributed by atoms with Crippen LogP contribution in [0.2, 0.25) is 0 Å². The number of carbonyl (C=O) groups is 1. The Kier molecular flexibility index (Phi) is 1.89. The molecule has 1 aliphatic carbocycles. The molecule has 0 spiro atoms. The Balaban J connectivity index is 2.55. The molecule has 0 radical (unpaired) electrons. The fourth-order valence-corrected chi connectivity index (χ4v) is 1.89. The molecule has 0 amide bonds. The zero-order valence-electron chi connectivity index (χ0n) is 8.32. The molecule has 0 bridgehead atoms. The van der Waals surface area contributed by atoms with Crippen LogP contribution in [-0.2, 0) is 10.2 Å². The summed E-state index contributed by atoms with van der Waals surface area (Å²) in [6.07, 6.45) is 1.36. The molecule has 15 heavy (non-hydrogen) atoms. The standard InChI is InChI=1S/C11H12O4/c1-6(12)11(4-5-11)7-2-3-8(13)10(15)9(7)14/h2-3,13-15H,4-5H2,1H3. The molecule has 1 aromatic carbocycles. The van der Waals surface area contributed by atoms with E-state index in [-0.39, 0.29) is 17.3 Å². The number of rotatable bonds is 2. The number of phenols is 3. The van der Waals surface area contributed by atoms with Crippen molar-refractivity contribution in [2.75, 3.05) is 0 Å². The molecule has 0 atom stereocenters. The molecule has 4 heteroatoms. The third kappa shape index (κ3) is 1.25. The second-order valence-electron chi connectivity index (χ2n) is 3.97. The van der Waals surface area contributed by atoms with Gasteiger partial charge in [0.05, 0.1) is 5.41 Å². The van der Waals surface area contributed by atoms with E-state index in [1.807, 2.05) is 0 Å². The molecule has 0 aliphatic heterocycles. The Hall–Kier alpha value is -1.71. The van der Waals surface area contributed by atoms with Crippen LogP contribution in [-0.4, -0.2) is 21.1 Å². The molecule has 3 N–H and O–H groups in total. The fraction of sp³-hybridized carbons (Fsp3) is 0.364. The van der Waals surface area contributed by atoms with Gasteiger partial charge in [0.15, 0.2) is 11.5 Å². The largest absolute Gasteiger partial charge is 0.504 e. The van der Waals surface area contributed by atoms with Gasteiger partial charge in [-0.1, -0.05) is 6.07 Å². The lowest BCUT2D eigenvalue weighted by Crippen LogP contribution is -2.16. The van der Waals surface area contributed by atoms with Crippen molar-refractivity contribution in [1.29, 1.82) is 0 Å². The number of carbonyl (C=O) groups excluding carboxylic acids is 1. The van der Waals surface area contributed by atoms with Crippen LogP contribution in [0.5, 0.6) is 17.2 Å². The van der Waals surface area contributed by atoms with Crippen molar-refractivity contribution < 1.29 is 20.1 Å². The van der Waals surface area contributed by atoms with Gasteiger partial charge in [-0.15, -0.1) is 0 Å². The normalized spacial score (nSPS) is 17.4. The van der Waals surface area contributed by atoms with Crippen LogP contribution in [0.1, 0.15) is 25.3 Å². The van der Waals surface area contributed by atoms with Gasteiger partial charge in [0.1, 0.15) is 5.78 Å². The first-order valence-electron chi connectivity index (χ1n) is 4.74. The van der Waals surface area contributed by atoms with Crippen molar-refractivity contribution in [1.82, 2.24) is 0 Å². The van der Waals surface area contributed by atoms with Gasteiger partial charge in [-0.05, 0) is 25.8 Å². The van der Waals surface area contributed by atoms with E-state index in [9.17, 15) is 15.0 Å². The van der Waals surface area contributed by atoms with E-state index in [0.29, 0.717) is 18.4 Å². The highest BCUT2D eigenvalue weighted by molar-refractivity contribution is 5.92. The van der Waals surface area contributed by atoms with Crippen LogP contribution in [0.3, 0.4) is 0 Å². The molecule has 1 saturated carbocycles.